The molecule has 0 aliphatic carbocycles. The molecule has 3 rings (SSSR count). The Hall–Kier alpha value is -3.32. The lowest BCUT2D eigenvalue weighted by atomic mass is 10.0. The maximum absolute atomic E-state index is 13.8. The Balaban J connectivity index is 1.77. The van der Waals surface area contributed by atoms with Crippen molar-refractivity contribution in [2.75, 3.05) is 26.2 Å². The van der Waals surface area contributed by atoms with Gasteiger partial charge in [0, 0.05) is 25.2 Å². The number of amides is 1. The van der Waals surface area contributed by atoms with E-state index in [2.05, 4.69) is 42.5 Å². The molecule has 0 unspecified atom stereocenters. The van der Waals surface area contributed by atoms with Gasteiger partial charge in [0.1, 0.15) is 5.75 Å². The minimum Gasteiger partial charge on any atom is -0.406 e. The van der Waals surface area contributed by atoms with E-state index in [9.17, 15) is 18.0 Å². The number of unbranched alkanes of at least 4 members (excludes halogenated alkanes) is 4. The minimum atomic E-state index is -4.74. The molecule has 0 saturated heterocycles. The molecule has 234 valence electrons. The fourth-order valence-electron chi connectivity index (χ4n) is 5.08. The number of halogens is 3. The number of hydrogen-bond acceptors (Lipinski definition) is 3. The van der Waals surface area contributed by atoms with E-state index in [-0.39, 0.29) is 11.7 Å². The van der Waals surface area contributed by atoms with Gasteiger partial charge in [-0.1, -0.05) is 95.0 Å². The molecule has 3 aromatic carbocycles. The Morgan fingerprint density at radius 1 is 0.698 bits per heavy atom. The van der Waals surface area contributed by atoms with E-state index in [4.69, 9.17) is 0 Å². The lowest BCUT2D eigenvalue weighted by molar-refractivity contribution is -0.274. The molecule has 4 nitrogen and oxygen atoms in total. The van der Waals surface area contributed by atoms with Crippen LogP contribution in [0.5, 0.6) is 5.75 Å². The lowest BCUT2D eigenvalue weighted by Gasteiger charge is -2.28. The Bertz CT molecular complexity index is 1220. The van der Waals surface area contributed by atoms with Crippen LogP contribution in [0, 0.1) is 0 Å². The van der Waals surface area contributed by atoms with Gasteiger partial charge in [-0.05, 0) is 85.3 Å². The van der Waals surface area contributed by atoms with Gasteiger partial charge in [-0.15, -0.1) is 13.2 Å². The van der Waals surface area contributed by atoms with Crippen LogP contribution in [0.15, 0.2) is 72.8 Å². The highest BCUT2D eigenvalue weighted by Gasteiger charge is 2.31. The topological polar surface area (TPSA) is 32.8 Å². The highest BCUT2D eigenvalue weighted by molar-refractivity contribution is 5.94. The summed E-state index contributed by atoms with van der Waals surface area (Å²) >= 11 is 0. The van der Waals surface area contributed by atoms with Crippen molar-refractivity contribution in [2.24, 2.45) is 0 Å². The van der Waals surface area contributed by atoms with E-state index in [1.165, 1.54) is 30.5 Å². The third kappa shape index (κ3) is 12.1. The Morgan fingerprint density at radius 2 is 1.33 bits per heavy atom. The van der Waals surface area contributed by atoms with Gasteiger partial charge in [-0.3, -0.25) is 4.79 Å². The smallest absolute Gasteiger partial charge is 0.406 e. The predicted molar refractivity (Wildman–Crippen MR) is 169 cm³/mol. The summed E-state index contributed by atoms with van der Waals surface area (Å²) in [4.78, 5) is 18.2. The van der Waals surface area contributed by atoms with E-state index in [0.717, 1.165) is 69.3 Å². The molecule has 0 fully saturated rings. The number of nitrogens with zero attached hydrogens (tertiary/aromatic N) is 2. The summed E-state index contributed by atoms with van der Waals surface area (Å²) in [7, 11) is 0. The monoisotopic (exact) mass is 596 g/mol. The second-order valence-electron chi connectivity index (χ2n) is 11.2. The van der Waals surface area contributed by atoms with Crippen molar-refractivity contribution in [1.82, 2.24) is 9.80 Å². The average Bonchev–Trinajstić information content (AvgIpc) is 3.00. The Kier molecular flexibility index (Phi) is 14.1. The first-order valence-electron chi connectivity index (χ1n) is 15.8. The van der Waals surface area contributed by atoms with Gasteiger partial charge in [-0.2, -0.15) is 0 Å². The zero-order valence-electron chi connectivity index (χ0n) is 26.0. The first-order valence-corrected chi connectivity index (χ1v) is 15.8. The molecular formula is C36H47F3N2O2. The highest BCUT2D eigenvalue weighted by atomic mass is 19.4. The van der Waals surface area contributed by atoms with Crippen molar-refractivity contribution in [3.8, 4) is 16.9 Å². The van der Waals surface area contributed by atoms with E-state index < -0.39 is 6.36 Å². The molecule has 0 atom stereocenters. The number of hydrogen-bond donors (Lipinski definition) is 0. The van der Waals surface area contributed by atoms with Crippen LogP contribution in [0.3, 0.4) is 0 Å². The normalized spacial score (nSPS) is 11.6. The summed E-state index contributed by atoms with van der Waals surface area (Å²) in [5.41, 5.74) is 4.30. The van der Waals surface area contributed by atoms with E-state index in [1.54, 1.807) is 12.1 Å². The number of benzene rings is 3. The molecule has 0 heterocycles. The molecule has 0 spiro atoms. The summed E-state index contributed by atoms with van der Waals surface area (Å²) in [5, 5.41) is 0. The zero-order chi connectivity index (χ0) is 31.1. The van der Waals surface area contributed by atoms with Gasteiger partial charge in [0.15, 0.2) is 0 Å². The molecule has 0 N–H and O–H groups in total. The molecule has 43 heavy (non-hydrogen) atoms. The number of carbonyl (C=O) groups excluding carboxylic acids is 1. The van der Waals surface area contributed by atoms with E-state index >= 15 is 0 Å². The first kappa shape index (κ1) is 34.2. The standard InChI is InChI=1S/C36H47F3N2O2/c1-4-7-10-12-29-15-21-32(22-16-29)35(42)41(26-25-40(23-8-5-2)24-9-6-3)28-30-17-19-31(20-18-30)33-13-11-14-34(27-33)43-36(37,38)39/h11,13-22,27H,4-10,12,23-26,28H2,1-3H3. The second kappa shape index (κ2) is 17.7. The quantitative estimate of drug-likeness (QED) is 0.137. The highest BCUT2D eigenvalue weighted by Crippen LogP contribution is 2.28. The fourth-order valence-corrected chi connectivity index (χ4v) is 5.08. The molecule has 0 aliphatic rings. The molecular weight excluding hydrogens is 549 g/mol. The summed E-state index contributed by atoms with van der Waals surface area (Å²) in [6.07, 6.45) is 4.34. The molecule has 0 bridgehead atoms. The second-order valence-corrected chi connectivity index (χ2v) is 11.2. The van der Waals surface area contributed by atoms with Crippen LogP contribution in [-0.2, 0) is 13.0 Å². The van der Waals surface area contributed by atoms with Crippen molar-refractivity contribution >= 4 is 5.91 Å². The number of aryl methyl sites for hydroxylation is 1. The van der Waals surface area contributed by atoms with Crippen LogP contribution >= 0.6 is 0 Å². The number of carbonyl (C=O) groups is 1. The van der Waals surface area contributed by atoms with Crippen molar-refractivity contribution in [1.29, 1.82) is 0 Å². The van der Waals surface area contributed by atoms with Gasteiger partial charge in [0.05, 0.1) is 0 Å². The number of rotatable bonds is 18. The number of alkyl halides is 3. The molecule has 3 aromatic rings. The summed E-state index contributed by atoms with van der Waals surface area (Å²) < 4.78 is 42.2. The first-order chi connectivity index (χ1) is 20.7. The maximum atomic E-state index is 13.8. The third-order valence-electron chi connectivity index (χ3n) is 7.63. The van der Waals surface area contributed by atoms with Crippen molar-refractivity contribution in [3.63, 3.8) is 0 Å². The van der Waals surface area contributed by atoms with Crippen LogP contribution in [0.1, 0.15) is 87.2 Å². The molecule has 0 radical (unpaired) electrons. The van der Waals surface area contributed by atoms with Crippen LogP contribution in [0.4, 0.5) is 13.2 Å². The Labute approximate surface area is 255 Å². The Morgan fingerprint density at radius 3 is 1.93 bits per heavy atom. The van der Waals surface area contributed by atoms with Crippen LogP contribution < -0.4 is 4.74 Å². The van der Waals surface area contributed by atoms with Gasteiger partial charge in [0.2, 0.25) is 0 Å². The van der Waals surface area contributed by atoms with Crippen LogP contribution in [0.25, 0.3) is 11.1 Å². The third-order valence-corrected chi connectivity index (χ3v) is 7.63. The summed E-state index contributed by atoms with van der Waals surface area (Å²) in [5.74, 6) is -0.245. The van der Waals surface area contributed by atoms with Gasteiger partial charge in [-0.25, -0.2) is 0 Å². The summed E-state index contributed by atoms with van der Waals surface area (Å²) in [6.45, 7) is 10.5. The van der Waals surface area contributed by atoms with Crippen LogP contribution in [-0.4, -0.2) is 48.2 Å². The molecule has 0 saturated carbocycles. The van der Waals surface area contributed by atoms with Crippen molar-refractivity contribution in [3.05, 3.63) is 89.5 Å². The lowest BCUT2D eigenvalue weighted by Crippen LogP contribution is -2.39. The minimum absolute atomic E-state index is 0.00659. The van der Waals surface area contributed by atoms with Crippen molar-refractivity contribution in [2.45, 2.75) is 85.0 Å². The zero-order valence-corrected chi connectivity index (χ0v) is 26.0. The largest absolute Gasteiger partial charge is 0.573 e. The molecule has 0 aromatic heterocycles. The number of ether oxygens (including phenoxy) is 1. The van der Waals surface area contributed by atoms with Crippen LogP contribution in [0.2, 0.25) is 0 Å². The predicted octanol–water partition coefficient (Wildman–Crippen LogP) is 9.53. The average molecular weight is 597 g/mol. The molecule has 0 aliphatic heterocycles. The van der Waals surface area contributed by atoms with Gasteiger partial charge in [0.25, 0.3) is 5.91 Å². The van der Waals surface area contributed by atoms with Gasteiger partial charge < -0.3 is 14.5 Å². The molecule has 1 amide bonds. The van der Waals surface area contributed by atoms with E-state index in [0.29, 0.717) is 24.2 Å². The van der Waals surface area contributed by atoms with E-state index in [1.807, 2.05) is 41.3 Å². The summed E-state index contributed by atoms with van der Waals surface area (Å²) in [6, 6.07) is 21.6. The van der Waals surface area contributed by atoms with Crippen molar-refractivity contribution < 1.29 is 22.7 Å². The SMILES string of the molecule is CCCCCc1ccc(C(=O)N(CCN(CCCC)CCCC)Cc2ccc(-c3cccc(OC(F)(F)F)c3)cc2)cc1. The maximum Gasteiger partial charge on any atom is 0.573 e. The fraction of sp³-hybridized carbons (Fsp3) is 0.472. The van der Waals surface area contributed by atoms with Gasteiger partial charge >= 0.3 is 6.36 Å². The molecule has 7 heteroatoms.